The Hall–Kier alpha value is -2.60. The van der Waals surface area contributed by atoms with E-state index in [4.69, 9.17) is 9.47 Å². The average molecular weight is 430 g/mol. The van der Waals surface area contributed by atoms with Crippen molar-refractivity contribution in [2.45, 2.75) is 27.3 Å². The van der Waals surface area contributed by atoms with Crippen molar-refractivity contribution in [3.63, 3.8) is 0 Å². The molecule has 0 amide bonds. The van der Waals surface area contributed by atoms with Crippen molar-refractivity contribution in [2.75, 3.05) is 6.61 Å². The number of aryl methyl sites for hydroxylation is 1. The van der Waals surface area contributed by atoms with Crippen LogP contribution >= 0.6 is 15.9 Å². The molecule has 0 unspecified atom stereocenters. The van der Waals surface area contributed by atoms with Gasteiger partial charge in [0.25, 0.3) is 0 Å². The van der Waals surface area contributed by atoms with Crippen LogP contribution in [0.5, 0.6) is 5.75 Å². The number of benzene rings is 2. The molecule has 0 atom stereocenters. The molecule has 3 aromatic rings. The predicted octanol–water partition coefficient (Wildman–Crippen LogP) is 5.13. The first-order chi connectivity index (χ1) is 13.0. The Bertz CT molecular complexity index is 1010. The van der Waals surface area contributed by atoms with E-state index >= 15 is 0 Å². The van der Waals surface area contributed by atoms with Gasteiger partial charge < -0.3 is 14.0 Å². The summed E-state index contributed by atoms with van der Waals surface area (Å²) in [7, 11) is 0. The largest absolute Gasteiger partial charge is 0.462 e. The van der Waals surface area contributed by atoms with Gasteiger partial charge >= 0.3 is 11.9 Å². The summed E-state index contributed by atoms with van der Waals surface area (Å²) in [5.74, 6) is -0.441. The minimum atomic E-state index is -0.453. The van der Waals surface area contributed by atoms with Gasteiger partial charge in [-0.15, -0.1) is 0 Å². The van der Waals surface area contributed by atoms with E-state index in [-0.39, 0.29) is 5.97 Å². The molecule has 0 aliphatic carbocycles. The van der Waals surface area contributed by atoms with Crippen LogP contribution in [0.4, 0.5) is 0 Å². The minimum absolute atomic E-state index is 0.301. The maximum Gasteiger partial charge on any atom is 0.343 e. The molecule has 27 heavy (non-hydrogen) atoms. The number of esters is 2. The maximum absolute atomic E-state index is 12.4. The van der Waals surface area contributed by atoms with Crippen LogP contribution in [-0.4, -0.2) is 23.1 Å². The van der Waals surface area contributed by atoms with Crippen molar-refractivity contribution in [1.82, 2.24) is 4.57 Å². The number of halogens is 1. The Morgan fingerprint density at radius 1 is 1.04 bits per heavy atom. The van der Waals surface area contributed by atoms with E-state index in [1.807, 2.05) is 24.5 Å². The lowest BCUT2D eigenvalue weighted by Gasteiger charge is -2.06. The first-order valence-electron chi connectivity index (χ1n) is 8.74. The third-order valence-electron chi connectivity index (χ3n) is 4.38. The van der Waals surface area contributed by atoms with Gasteiger partial charge in [0.1, 0.15) is 5.75 Å². The number of hydrogen-bond donors (Lipinski definition) is 0. The highest BCUT2D eigenvalue weighted by Crippen LogP contribution is 2.30. The van der Waals surface area contributed by atoms with Gasteiger partial charge in [-0.3, -0.25) is 0 Å². The number of fused-ring (bicyclic) bond motifs is 1. The van der Waals surface area contributed by atoms with E-state index in [1.54, 1.807) is 43.3 Å². The number of hydrogen-bond acceptors (Lipinski definition) is 4. The molecule has 1 aromatic heterocycles. The van der Waals surface area contributed by atoms with Crippen molar-refractivity contribution >= 4 is 38.8 Å². The molecule has 2 aromatic carbocycles. The molecule has 0 fully saturated rings. The van der Waals surface area contributed by atoms with Crippen LogP contribution in [-0.2, 0) is 11.3 Å². The first-order valence-corrected chi connectivity index (χ1v) is 9.53. The highest BCUT2D eigenvalue weighted by atomic mass is 79.9. The zero-order valence-electron chi connectivity index (χ0n) is 15.4. The van der Waals surface area contributed by atoms with E-state index < -0.39 is 5.97 Å². The average Bonchev–Trinajstić information content (AvgIpc) is 2.92. The Balaban J connectivity index is 2.00. The van der Waals surface area contributed by atoms with Crippen LogP contribution in [0.1, 0.15) is 40.3 Å². The molecule has 0 spiro atoms. The summed E-state index contributed by atoms with van der Waals surface area (Å²) in [6.07, 6.45) is 0. The summed E-state index contributed by atoms with van der Waals surface area (Å²) < 4.78 is 13.7. The van der Waals surface area contributed by atoms with Crippen LogP contribution in [0.15, 0.2) is 46.9 Å². The highest BCUT2D eigenvalue weighted by Gasteiger charge is 2.21. The summed E-state index contributed by atoms with van der Waals surface area (Å²) in [5, 5.41) is 0.717. The second kappa shape index (κ2) is 7.96. The molecule has 0 saturated heterocycles. The molecule has 6 heteroatoms. The normalized spacial score (nSPS) is 10.8. The Morgan fingerprint density at radius 3 is 2.37 bits per heavy atom. The van der Waals surface area contributed by atoms with Crippen LogP contribution in [0.3, 0.4) is 0 Å². The van der Waals surface area contributed by atoms with Gasteiger partial charge in [-0.05, 0) is 63.2 Å². The summed E-state index contributed by atoms with van der Waals surface area (Å²) >= 11 is 3.34. The predicted molar refractivity (Wildman–Crippen MR) is 107 cm³/mol. The van der Waals surface area contributed by atoms with E-state index in [9.17, 15) is 9.59 Å². The quantitative estimate of drug-likeness (QED) is 0.416. The molecule has 0 aliphatic rings. The van der Waals surface area contributed by atoms with Gasteiger partial charge in [0.15, 0.2) is 0 Å². The van der Waals surface area contributed by atoms with Crippen LogP contribution in [0.2, 0.25) is 0 Å². The fourth-order valence-corrected chi connectivity index (χ4v) is 3.41. The van der Waals surface area contributed by atoms with Crippen molar-refractivity contribution in [3.05, 3.63) is 63.8 Å². The van der Waals surface area contributed by atoms with Gasteiger partial charge in [-0.1, -0.05) is 15.9 Å². The number of nitrogens with zero attached hydrogens (tertiary/aromatic N) is 1. The van der Waals surface area contributed by atoms with Gasteiger partial charge in [0.2, 0.25) is 0 Å². The molecule has 0 N–H and O–H groups in total. The number of ether oxygens (including phenoxy) is 2. The fourth-order valence-electron chi connectivity index (χ4n) is 3.15. The standard InChI is InChI=1S/C21H20BrNO4/c1-4-23-13(3)19(21(25)26-5-2)17-12-16(10-11-18(17)23)27-20(24)14-6-8-15(22)9-7-14/h6-12H,4-5H2,1-3H3. The number of aromatic nitrogens is 1. The number of carbonyl (C=O) groups is 2. The topological polar surface area (TPSA) is 57.5 Å². The van der Waals surface area contributed by atoms with E-state index in [0.717, 1.165) is 22.2 Å². The zero-order valence-corrected chi connectivity index (χ0v) is 17.0. The number of rotatable bonds is 5. The third kappa shape index (κ3) is 3.76. The Kier molecular flexibility index (Phi) is 5.65. The summed E-state index contributed by atoms with van der Waals surface area (Å²) in [4.78, 5) is 24.8. The second-order valence-electron chi connectivity index (χ2n) is 6.00. The monoisotopic (exact) mass is 429 g/mol. The molecule has 0 aliphatic heterocycles. The van der Waals surface area contributed by atoms with Gasteiger partial charge in [0, 0.05) is 27.6 Å². The summed E-state index contributed by atoms with van der Waals surface area (Å²) in [6.45, 7) is 6.71. The highest BCUT2D eigenvalue weighted by molar-refractivity contribution is 9.10. The smallest absolute Gasteiger partial charge is 0.343 e. The molecular formula is C21H20BrNO4. The zero-order chi connectivity index (χ0) is 19.6. The lowest BCUT2D eigenvalue weighted by atomic mass is 10.1. The first kappa shape index (κ1) is 19.2. The van der Waals surface area contributed by atoms with E-state index in [0.29, 0.717) is 28.9 Å². The molecular weight excluding hydrogens is 410 g/mol. The Morgan fingerprint density at radius 2 is 1.74 bits per heavy atom. The second-order valence-corrected chi connectivity index (χ2v) is 6.92. The number of carbonyl (C=O) groups excluding carboxylic acids is 2. The SMILES string of the molecule is CCOC(=O)c1c(C)n(CC)c2ccc(OC(=O)c3ccc(Br)cc3)cc12. The molecule has 140 valence electrons. The van der Waals surface area contributed by atoms with Crippen molar-refractivity contribution in [2.24, 2.45) is 0 Å². The molecule has 0 bridgehead atoms. The molecule has 0 saturated carbocycles. The third-order valence-corrected chi connectivity index (χ3v) is 4.91. The maximum atomic E-state index is 12.4. The lowest BCUT2D eigenvalue weighted by molar-refractivity contribution is 0.0527. The van der Waals surface area contributed by atoms with Crippen molar-refractivity contribution in [1.29, 1.82) is 0 Å². The fraction of sp³-hybridized carbons (Fsp3) is 0.238. The molecule has 5 nitrogen and oxygen atoms in total. The van der Waals surface area contributed by atoms with Gasteiger partial charge in [-0.2, -0.15) is 0 Å². The minimum Gasteiger partial charge on any atom is -0.462 e. The van der Waals surface area contributed by atoms with Crippen LogP contribution in [0, 0.1) is 6.92 Å². The molecule has 1 heterocycles. The van der Waals surface area contributed by atoms with Gasteiger partial charge in [-0.25, -0.2) is 9.59 Å². The lowest BCUT2D eigenvalue weighted by Crippen LogP contribution is -2.08. The van der Waals surface area contributed by atoms with Crippen LogP contribution < -0.4 is 4.74 Å². The van der Waals surface area contributed by atoms with Crippen molar-refractivity contribution in [3.8, 4) is 5.75 Å². The summed E-state index contributed by atoms with van der Waals surface area (Å²) in [5.41, 5.74) is 2.70. The summed E-state index contributed by atoms with van der Waals surface area (Å²) in [6, 6.07) is 12.3. The van der Waals surface area contributed by atoms with E-state index in [1.165, 1.54) is 0 Å². The van der Waals surface area contributed by atoms with Gasteiger partial charge in [0.05, 0.1) is 17.7 Å². The van der Waals surface area contributed by atoms with E-state index in [2.05, 4.69) is 15.9 Å². The van der Waals surface area contributed by atoms with Crippen molar-refractivity contribution < 1.29 is 19.1 Å². The molecule has 0 radical (unpaired) electrons. The Labute approximate surface area is 166 Å². The molecule has 3 rings (SSSR count). The van der Waals surface area contributed by atoms with Crippen LogP contribution in [0.25, 0.3) is 10.9 Å².